The normalized spacial score (nSPS) is 36.0. The SMILES string of the molecule is O=[N+]([O-])OC1CCC2SC1CCC2O[N+](=O)[O-]. The van der Waals surface area contributed by atoms with Crippen LogP contribution in [0.1, 0.15) is 25.7 Å². The maximum Gasteiger partial charge on any atom is 0.294 e. The molecule has 2 aliphatic heterocycles. The topological polar surface area (TPSA) is 105 Å². The van der Waals surface area contributed by atoms with Crippen molar-refractivity contribution in [3.05, 3.63) is 20.2 Å². The van der Waals surface area contributed by atoms with E-state index in [1.807, 2.05) is 0 Å². The van der Waals surface area contributed by atoms with E-state index in [0.29, 0.717) is 25.7 Å². The van der Waals surface area contributed by atoms with Gasteiger partial charge in [0.05, 0.1) is 0 Å². The third-order valence-electron chi connectivity index (χ3n) is 3.09. The zero-order chi connectivity index (χ0) is 12.4. The van der Waals surface area contributed by atoms with E-state index in [0.717, 1.165) is 0 Å². The molecule has 9 heteroatoms. The van der Waals surface area contributed by atoms with Crippen LogP contribution in [0, 0.1) is 20.2 Å². The molecule has 0 N–H and O–H groups in total. The highest BCUT2D eigenvalue weighted by Crippen LogP contribution is 2.43. The van der Waals surface area contributed by atoms with E-state index in [2.05, 4.69) is 9.68 Å². The largest absolute Gasteiger partial charge is 0.309 e. The highest BCUT2D eigenvalue weighted by Gasteiger charge is 2.42. The standard InChI is InChI=1S/C8H12N2O6S/c11-9(12)15-5-1-3-7-6(16-10(13)14)2-4-8(5)17-7/h5-8H,1-4H2. The van der Waals surface area contributed by atoms with Crippen LogP contribution in [0.5, 0.6) is 0 Å². The maximum atomic E-state index is 10.3. The van der Waals surface area contributed by atoms with Gasteiger partial charge in [-0.25, -0.2) is 0 Å². The quantitative estimate of drug-likeness (QED) is 0.554. The lowest BCUT2D eigenvalue weighted by molar-refractivity contribution is -0.771. The van der Waals surface area contributed by atoms with E-state index in [9.17, 15) is 20.2 Å². The summed E-state index contributed by atoms with van der Waals surface area (Å²) >= 11 is 1.51. The molecule has 8 nitrogen and oxygen atoms in total. The van der Waals surface area contributed by atoms with Gasteiger partial charge >= 0.3 is 0 Å². The minimum atomic E-state index is -0.759. The molecule has 17 heavy (non-hydrogen) atoms. The monoisotopic (exact) mass is 264 g/mol. The molecule has 0 spiro atoms. The van der Waals surface area contributed by atoms with Crippen LogP contribution >= 0.6 is 11.8 Å². The second kappa shape index (κ2) is 4.94. The zero-order valence-electron chi connectivity index (χ0n) is 8.89. The molecule has 0 aromatic heterocycles. The second-order valence-electron chi connectivity index (χ2n) is 4.10. The van der Waals surface area contributed by atoms with Crippen molar-refractivity contribution in [3.8, 4) is 0 Å². The van der Waals surface area contributed by atoms with Gasteiger partial charge in [-0.3, -0.25) is 0 Å². The van der Waals surface area contributed by atoms with Gasteiger partial charge < -0.3 is 9.68 Å². The van der Waals surface area contributed by atoms with E-state index in [1.165, 1.54) is 11.8 Å². The third-order valence-corrected chi connectivity index (χ3v) is 4.87. The van der Waals surface area contributed by atoms with E-state index in [-0.39, 0.29) is 22.7 Å². The van der Waals surface area contributed by atoms with E-state index in [1.54, 1.807) is 0 Å². The highest BCUT2D eigenvalue weighted by molar-refractivity contribution is 8.00. The molecule has 2 heterocycles. The summed E-state index contributed by atoms with van der Waals surface area (Å²) in [5.74, 6) is 0. The summed E-state index contributed by atoms with van der Waals surface area (Å²) in [6.07, 6.45) is 1.64. The van der Waals surface area contributed by atoms with Crippen molar-refractivity contribution in [1.29, 1.82) is 0 Å². The fourth-order valence-electron chi connectivity index (χ4n) is 2.40. The predicted molar refractivity (Wildman–Crippen MR) is 57.4 cm³/mol. The van der Waals surface area contributed by atoms with Crippen molar-refractivity contribution in [1.82, 2.24) is 0 Å². The minimum Gasteiger partial charge on any atom is -0.309 e. The van der Waals surface area contributed by atoms with E-state index < -0.39 is 10.2 Å². The molecule has 0 amide bonds. The van der Waals surface area contributed by atoms with Gasteiger partial charge in [-0.2, -0.15) is 11.8 Å². The van der Waals surface area contributed by atoms with Crippen molar-refractivity contribution in [3.63, 3.8) is 0 Å². The Balaban J connectivity index is 1.91. The first-order valence-corrected chi connectivity index (χ1v) is 6.28. The Kier molecular flexibility index (Phi) is 3.55. The number of nitrogens with zero attached hydrogens (tertiary/aromatic N) is 2. The molecule has 0 aliphatic carbocycles. The predicted octanol–water partition coefficient (Wildman–Crippen LogP) is 1.20. The molecule has 2 bridgehead atoms. The van der Waals surface area contributed by atoms with E-state index >= 15 is 0 Å². The Hall–Kier alpha value is -1.25. The number of hydrogen-bond donors (Lipinski definition) is 0. The number of hydrogen-bond acceptors (Lipinski definition) is 7. The van der Waals surface area contributed by atoms with Crippen LogP contribution in [0.15, 0.2) is 0 Å². The molecule has 0 aromatic carbocycles. The minimum absolute atomic E-state index is 0.0470. The van der Waals surface area contributed by atoms with Crippen molar-refractivity contribution in [2.45, 2.75) is 48.4 Å². The number of rotatable bonds is 4. The Morgan fingerprint density at radius 2 is 1.29 bits per heavy atom. The molecular formula is C8H12N2O6S. The van der Waals surface area contributed by atoms with Crippen LogP contribution in [0.3, 0.4) is 0 Å². The van der Waals surface area contributed by atoms with Gasteiger partial charge in [0.15, 0.2) is 0 Å². The number of thioether (sulfide) groups is 1. The fourth-order valence-corrected chi connectivity index (χ4v) is 4.11. The Morgan fingerprint density at radius 1 is 0.882 bits per heavy atom. The summed E-state index contributed by atoms with van der Waals surface area (Å²) < 4.78 is 0. The van der Waals surface area contributed by atoms with Crippen molar-refractivity contribution in [2.75, 3.05) is 0 Å². The lowest BCUT2D eigenvalue weighted by Gasteiger charge is -2.41. The van der Waals surface area contributed by atoms with Gasteiger partial charge in [-0.15, -0.1) is 20.2 Å². The second-order valence-corrected chi connectivity index (χ2v) is 5.59. The van der Waals surface area contributed by atoms with Crippen LogP contribution in [0.4, 0.5) is 0 Å². The first kappa shape index (κ1) is 12.2. The smallest absolute Gasteiger partial charge is 0.294 e. The molecule has 2 saturated heterocycles. The van der Waals surface area contributed by atoms with Crippen LogP contribution in [0.25, 0.3) is 0 Å². The summed E-state index contributed by atoms with van der Waals surface area (Å²) in [5, 5.41) is 19.2. The third kappa shape index (κ3) is 2.90. The van der Waals surface area contributed by atoms with Gasteiger partial charge in [0.25, 0.3) is 10.2 Å². The summed E-state index contributed by atoms with van der Waals surface area (Å²) in [7, 11) is 0. The summed E-state index contributed by atoms with van der Waals surface area (Å²) in [5.41, 5.74) is 0. The Morgan fingerprint density at radius 3 is 1.65 bits per heavy atom. The van der Waals surface area contributed by atoms with Crippen LogP contribution in [-0.4, -0.2) is 32.9 Å². The number of fused-ring (bicyclic) bond motifs is 2. The molecule has 0 saturated carbocycles. The van der Waals surface area contributed by atoms with Gasteiger partial charge in [0.1, 0.15) is 12.2 Å². The molecule has 2 aliphatic rings. The maximum absolute atomic E-state index is 10.3. The van der Waals surface area contributed by atoms with Crippen LogP contribution in [0.2, 0.25) is 0 Å². The molecule has 4 unspecified atom stereocenters. The van der Waals surface area contributed by atoms with Crippen LogP contribution < -0.4 is 0 Å². The fraction of sp³-hybridized carbons (Fsp3) is 1.00. The molecule has 0 radical (unpaired) electrons. The molecule has 2 rings (SSSR count). The summed E-state index contributed by atoms with van der Waals surface area (Å²) in [4.78, 5) is 29.8. The lowest BCUT2D eigenvalue weighted by Crippen LogP contribution is -2.45. The van der Waals surface area contributed by atoms with Crippen LogP contribution in [-0.2, 0) is 9.68 Å². The Labute approximate surface area is 101 Å². The van der Waals surface area contributed by atoms with Crippen molar-refractivity contribution >= 4 is 11.8 Å². The average Bonchev–Trinajstić information content (AvgIpc) is 2.24. The molecule has 2 fully saturated rings. The summed E-state index contributed by atoms with van der Waals surface area (Å²) in [6.45, 7) is 0. The van der Waals surface area contributed by atoms with Gasteiger partial charge in [-0.1, -0.05) is 0 Å². The van der Waals surface area contributed by atoms with Gasteiger partial charge in [-0.05, 0) is 25.7 Å². The average molecular weight is 264 g/mol. The zero-order valence-corrected chi connectivity index (χ0v) is 9.71. The Bertz CT molecular complexity index is 297. The molecular weight excluding hydrogens is 252 g/mol. The molecule has 96 valence electrons. The highest BCUT2D eigenvalue weighted by atomic mass is 32.2. The van der Waals surface area contributed by atoms with E-state index in [4.69, 9.17) is 0 Å². The molecule has 4 atom stereocenters. The first-order valence-electron chi connectivity index (χ1n) is 5.34. The van der Waals surface area contributed by atoms with Gasteiger partial charge in [0.2, 0.25) is 0 Å². The van der Waals surface area contributed by atoms with Crippen molar-refractivity contribution in [2.24, 2.45) is 0 Å². The first-order chi connectivity index (χ1) is 8.06. The van der Waals surface area contributed by atoms with Crippen molar-refractivity contribution < 1.29 is 19.8 Å². The lowest BCUT2D eigenvalue weighted by atomic mass is 9.94. The summed E-state index contributed by atoms with van der Waals surface area (Å²) in [6, 6.07) is 0. The molecule has 0 aromatic rings. The van der Waals surface area contributed by atoms with Gasteiger partial charge in [0, 0.05) is 10.5 Å².